The number of carbonyl (C=O) groups excluding carboxylic acids is 1. The van der Waals surface area contributed by atoms with Gasteiger partial charge in [-0.1, -0.05) is 44.2 Å². The Morgan fingerprint density at radius 3 is 2.45 bits per heavy atom. The van der Waals surface area contributed by atoms with Crippen LogP contribution in [0, 0.1) is 5.82 Å². The molecule has 1 heterocycles. The van der Waals surface area contributed by atoms with E-state index in [-0.39, 0.29) is 30.6 Å². The van der Waals surface area contributed by atoms with E-state index in [1.54, 1.807) is 18.2 Å². The van der Waals surface area contributed by atoms with E-state index in [1.165, 1.54) is 16.5 Å². The number of ether oxygens (including phenoxy) is 1. The molecule has 29 heavy (non-hydrogen) atoms. The number of amides is 1. The molecule has 0 aliphatic carbocycles. The monoisotopic (exact) mass is 419 g/mol. The van der Waals surface area contributed by atoms with E-state index in [9.17, 15) is 17.6 Å². The highest BCUT2D eigenvalue weighted by Crippen LogP contribution is 2.22. The number of sulfone groups is 1. The van der Waals surface area contributed by atoms with E-state index in [4.69, 9.17) is 4.74 Å². The number of nitrogens with zero attached hydrogens (tertiary/aromatic N) is 1. The van der Waals surface area contributed by atoms with Crippen LogP contribution in [0.15, 0.2) is 48.5 Å². The molecule has 5 nitrogen and oxygen atoms in total. The third-order valence-corrected chi connectivity index (χ3v) is 6.93. The minimum atomic E-state index is -3.18. The molecule has 0 spiro atoms. The van der Waals surface area contributed by atoms with Crippen LogP contribution in [-0.2, 0) is 21.2 Å². The van der Waals surface area contributed by atoms with Gasteiger partial charge < -0.3 is 9.64 Å². The molecule has 3 rings (SSSR count). The van der Waals surface area contributed by atoms with Crippen molar-refractivity contribution in [2.75, 3.05) is 18.1 Å². The van der Waals surface area contributed by atoms with Crippen LogP contribution in [0.2, 0.25) is 0 Å². The van der Waals surface area contributed by atoms with Gasteiger partial charge in [0, 0.05) is 18.2 Å². The van der Waals surface area contributed by atoms with Crippen molar-refractivity contribution in [3.8, 4) is 5.75 Å². The molecule has 1 amide bonds. The third kappa shape index (κ3) is 5.56. The summed E-state index contributed by atoms with van der Waals surface area (Å²) in [6.07, 6.45) is 0.353. The Balaban J connectivity index is 1.72. The van der Waals surface area contributed by atoms with Crippen molar-refractivity contribution in [3.05, 3.63) is 65.5 Å². The Morgan fingerprint density at radius 2 is 1.86 bits per heavy atom. The second kappa shape index (κ2) is 8.95. The molecule has 0 saturated carbocycles. The lowest BCUT2D eigenvalue weighted by molar-refractivity contribution is -0.136. The Kier molecular flexibility index (Phi) is 6.57. The van der Waals surface area contributed by atoms with Gasteiger partial charge in [-0.2, -0.15) is 0 Å². The van der Waals surface area contributed by atoms with Gasteiger partial charge in [0.05, 0.1) is 11.5 Å². The smallest absolute Gasteiger partial charge is 0.261 e. The van der Waals surface area contributed by atoms with Crippen molar-refractivity contribution in [1.82, 2.24) is 4.90 Å². The number of rotatable bonds is 7. The SMILES string of the molecule is CC(C)c1ccc(OCC(=O)N(Cc2ccccc2F)[C@H]2CCS(=O)(=O)C2)cc1. The molecule has 1 fully saturated rings. The first-order valence-corrected chi connectivity index (χ1v) is 11.5. The number of benzene rings is 2. The van der Waals surface area contributed by atoms with Gasteiger partial charge >= 0.3 is 0 Å². The highest BCUT2D eigenvalue weighted by Gasteiger charge is 2.35. The minimum Gasteiger partial charge on any atom is -0.484 e. The quantitative estimate of drug-likeness (QED) is 0.689. The number of halogens is 1. The van der Waals surface area contributed by atoms with E-state index in [2.05, 4.69) is 13.8 Å². The molecule has 0 N–H and O–H groups in total. The van der Waals surface area contributed by atoms with Crippen molar-refractivity contribution < 1.29 is 22.3 Å². The second-order valence-electron chi connectivity index (χ2n) is 7.68. The van der Waals surface area contributed by atoms with Gasteiger partial charge in [0.1, 0.15) is 11.6 Å². The van der Waals surface area contributed by atoms with Gasteiger partial charge in [-0.05, 0) is 36.1 Å². The average Bonchev–Trinajstić information content (AvgIpc) is 3.05. The van der Waals surface area contributed by atoms with Crippen LogP contribution >= 0.6 is 0 Å². The molecule has 2 aromatic carbocycles. The zero-order valence-electron chi connectivity index (χ0n) is 16.7. The number of hydrogen-bond donors (Lipinski definition) is 0. The first-order chi connectivity index (χ1) is 13.7. The summed E-state index contributed by atoms with van der Waals surface area (Å²) in [5.41, 5.74) is 1.52. The van der Waals surface area contributed by atoms with Crippen molar-refractivity contribution in [2.45, 2.75) is 38.8 Å². The average molecular weight is 420 g/mol. The lowest BCUT2D eigenvalue weighted by atomic mass is 10.0. The van der Waals surface area contributed by atoms with Gasteiger partial charge in [-0.25, -0.2) is 12.8 Å². The molecular weight excluding hydrogens is 393 g/mol. The standard InChI is InChI=1S/C22H26FNO4S/c1-16(2)17-7-9-20(10-8-17)28-14-22(25)24(19-11-12-29(26,27)15-19)13-18-5-3-4-6-21(18)23/h3-10,16,19H,11-15H2,1-2H3/t19-/m0/s1. The molecule has 0 bridgehead atoms. The predicted octanol–water partition coefficient (Wildman–Crippen LogP) is 3.54. The second-order valence-corrected chi connectivity index (χ2v) is 9.91. The van der Waals surface area contributed by atoms with Crippen LogP contribution in [0.3, 0.4) is 0 Å². The molecule has 156 valence electrons. The summed E-state index contributed by atoms with van der Waals surface area (Å²) in [7, 11) is -3.18. The highest BCUT2D eigenvalue weighted by molar-refractivity contribution is 7.91. The van der Waals surface area contributed by atoms with Crippen molar-refractivity contribution in [2.24, 2.45) is 0 Å². The molecule has 0 unspecified atom stereocenters. The van der Waals surface area contributed by atoms with E-state index in [0.29, 0.717) is 23.7 Å². The summed E-state index contributed by atoms with van der Waals surface area (Å²) < 4.78 is 43.6. The van der Waals surface area contributed by atoms with E-state index >= 15 is 0 Å². The first-order valence-electron chi connectivity index (χ1n) is 9.71. The molecule has 1 saturated heterocycles. The molecule has 7 heteroatoms. The number of carbonyl (C=O) groups is 1. The van der Waals surface area contributed by atoms with Crippen molar-refractivity contribution in [3.63, 3.8) is 0 Å². The van der Waals surface area contributed by atoms with Crippen molar-refractivity contribution >= 4 is 15.7 Å². The van der Waals surface area contributed by atoms with Crippen molar-refractivity contribution in [1.29, 1.82) is 0 Å². The fourth-order valence-corrected chi connectivity index (χ4v) is 5.16. The molecule has 1 aliphatic heterocycles. The Morgan fingerprint density at radius 1 is 1.17 bits per heavy atom. The maximum Gasteiger partial charge on any atom is 0.261 e. The Hall–Kier alpha value is -2.41. The zero-order chi connectivity index (χ0) is 21.0. The van der Waals surface area contributed by atoms with Crippen LogP contribution < -0.4 is 4.74 Å². The summed E-state index contributed by atoms with van der Waals surface area (Å²) >= 11 is 0. The Labute approximate surface area is 171 Å². The molecule has 0 aromatic heterocycles. The van der Waals surface area contributed by atoms with Gasteiger partial charge in [0.25, 0.3) is 5.91 Å². The zero-order valence-corrected chi connectivity index (χ0v) is 17.5. The lowest BCUT2D eigenvalue weighted by Gasteiger charge is -2.28. The van der Waals surface area contributed by atoms with Gasteiger partial charge in [0.2, 0.25) is 0 Å². The first kappa shape index (κ1) is 21.3. The lowest BCUT2D eigenvalue weighted by Crippen LogP contribution is -2.43. The van der Waals surface area contributed by atoms with Gasteiger partial charge in [-0.3, -0.25) is 4.79 Å². The minimum absolute atomic E-state index is 0.0152. The normalized spacial score (nSPS) is 18.0. The molecule has 2 aromatic rings. The molecular formula is C22H26FNO4S. The summed E-state index contributed by atoms with van der Waals surface area (Å²) in [5.74, 6) is 0.116. The van der Waals surface area contributed by atoms with E-state index in [0.717, 1.165) is 0 Å². The van der Waals surface area contributed by atoms with Gasteiger partial charge in [0.15, 0.2) is 16.4 Å². The fourth-order valence-electron chi connectivity index (χ4n) is 3.43. The van der Waals surface area contributed by atoms with Crippen LogP contribution in [-0.4, -0.2) is 43.4 Å². The topological polar surface area (TPSA) is 63.7 Å². The largest absolute Gasteiger partial charge is 0.484 e. The fraction of sp³-hybridized carbons (Fsp3) is 0.409. The van der Waals surface area contributed by atoms with Gasteiger partial charge in [-0.15, -0.1) is 0 Å². The van der Waals surface area contributed by atoms with Crippen LogP contribution in [0.1, 0.15) is 37.3 Å². The summed E-state index contributed by atoms with van der Waals surface area (Å²) in [5, 5.41) is 0. The Bertz CT molecular complexity index is 957. The van der Waals surface area contributed by atoms with E-state index in [1.807, 2.05) is 24.3 Å². The summed E-state index contributed by atoms with van der Waals surface area (Å²) in [4.78, 5) is 14.3. The summed E-state index contributed by atoms with van der Waals surface area (Å²) in [6.45, 7) is 3.97. The summed E-state index contributed by atoms with van der Waals surface area (Å²) in [6, 6.07) is 13.2. The van der Waals surface area contributed by atoms with Crippen LogP contribution in [0.5, 0.6) is 5.75 Å². The molecule has 1 atom stereocenters. The third-order valence-electron chi connectivity index (χ3n) is 5.18. The molecule has 0 radical (unpaired) electrons. The number of hydrogen-bond acceptors (Lipinski definition) is 4. The maximum absolute atomic E-state index is 14.1. The van der Waals surface area contributed by atoms with Crippen LogP contribution in [0.4, 0.5) is 4.39 Å². The molecule has 1 aliphatic rings. The predicted molar refractivity (Wildman–Crippen MR) is 110 cm³/mol. The maximum atomic E-state index is 14.1. The highest BCUT2D eigenvalue weighted by atomic mass is 32.2. The van der Waals surface area contributed by atoms with E-state index < -0.39 is 21.7 Å². The van der Waals surface area contributed by atoms with Crippen LogP contribution in [0.25, 0.3) is 0 Å².